The van der Waals surface area contributed by atoms with E-state index in [0.29, 0.717) is 0 Å². The number of benzene rings is 7. The van der Waals surface area contributed by atoms with Gasteiger partial charge in [0.25, 0.3) is 0 Å². The van der Waals surface area contributed by atoms with Crippen LogP contribution in [0.5, 0.6) is 11.5 Å². The fourth-order valence-electron chi connectivity index (χ4n) is 6.56. The average Bonchev–Trinajstić information content (AvgIpc) is 3.33. The summed E-state index contributed by atoms with van der Waals surface area (Å²) in [5.41, 5.74) is 8.38. The van der Waals surface area contributed by atoms with Crippen LogP contribution in [0.4, 0.5) is 0 Å². The average molecular weight is 510 g/mol. The maximum Gasteiger partial charge on any atom is 0.135 e. The fraction of sp³-hybridized carbons (Fsp3) is 0. The minimum Gasteiger partial charge on any atom is -0.456 e. The van der Waals surface area contributed by atoms with E-state index in [2.05, 4.69) is 132 Å². The first-order valence-electron chi connectivity index (χ1n) is 13.7. The molecule has 1 aliphatic heterocycles. The van der Waals surface area contributed by atoms with E-state index in [-0.39, 0.29) is 0 Å². The van der Waals surface area contributed by atoms with E-state index in [1.54, 1.807) is 0 Å². The van der Waals surface area contributed by atoms with Gasteiger partial charge in [0.1, 0.15) is 11.5 Å². The summed E-state index contributed by atoms with van der Waals surface area (Å²) < 4.78 is 8.71. The van der Waals surface area contributed by atoms with Crippen LogP contribution < -0.4 is 4.74 Å². The molecule has 0 saturated carbocycles. The van der Waals surface area contributed by atoms with Crippen molar-refractivity contribution >= 4 is 43.4 Å². The summed E-state index contributed by atoms with van der Waals surface area (Å²) in [5, 5.41) is 7.46. The normalized spacial score (nSPS) is 12.2. The molecular weight excluding hydrogens is 486 g/mol. The molecule has 40 heavy (non-hydrogen) atoms. The first-order chi connectivity index (χ1) is 19.8. The lowest BCUT2D eigenvalue weighted by Crippen LogP contribution is -1.97. The molecule has 0 radical (unpaired) electrons. The molecule has 186 valence electrons. The molecule has 7 aromatic carbocycles. The second-order valence-corrected chi connectivity index (χ2v) is 10.6. The van der Waals surface area contributed by atoms with Gasteiger partial charge < -0.3 is 9.30 Å². The van der Waals surface area contributed by atoms with Gasteiger partial charge in [-0.05, 0) is 75.3 Å². The molecule has 1 aromatic heterocycles. The first kappa shape index (κ1) is 21.6. The van der Waals surface area contributed by atoms with E-state index >= 15 is 0 Å². The Bertz CT molecular complexity index is 2290. The van der Waals surface area contributed by atoms with Gasteiger partial charge in [-0.1, -0.05) is 97.1 Å². The smallest absolute Gasteiger partial charge is 0.135 e. The molecule has 0 spiro atoms. The van der Waals surface area contributed by atoms with Crippen LogP contribution >= 0.6 is 0 Å². The van der Waals surface area contributed by atoms with E-state index in [4.69, 9.17) is 4.74 Å². The molecule has 0 N–H and O–H groups in total. The second-order valence-electron chi connectivity index (χ2n) is 10.6. The zero-order chi connectivity index (χ0) is 26.2. The number of rotatable bonds is 2. The second kappa shape index (κ2) is 8.08. The Morgan fingerprint density at radius 3 is 2.05 bits per heavy atom. The van der Waals surface area contributed by atoms with Crippen molar-refractivity contribution < 1.29 is 4.74 Å². The Morgan fingerprint density at radius 2 is 1.15 bits per heavy atom. The number of para-hydroxylation sites is 2. The number of ether oxygens (including phenoxy) is 1. The maximum absolute atomic E-state index is 6.32. The highest BCUT2D eigenvalue weighted by molar-refractivity contribution is 6.14. The molecule has 2 heterocycles. The molecule has 0 saturated heterocycles. The molecule has 1 aliphatic rings. The van der Waals surface area contributed by atoms with Crippen LogP contribution in [-0.2, 0) is 0 Å². The van der Waals surface area contributed by atoms with Gasteiger partial charge in [0.15, 0.2) is 0 Å². The van der Waals surface area contributed by atoms with Crippen LogP contribution in [0.2, 0.25) is 0 Å². The topological polar surface area (TPSA) is 14.2 Å². The lowest BCUT2D eigenvalue weighted by molar-refractivity contribution is 0.487. The van der Waals surface area contributed by atoms with Crippen LogP contribution in [-0.4, -0.2) is 4.57 Å². The van der Waals surface area contributed by atoms with Crippen molar-refractivity contribution in [3.63, 3.8) is 0 Å². The molecule has 9 rings (SSSR count). The molecule has 0 aliphatic carbocycles. The predicted octanol–water partition coefficient (Wildman–Crippen LogP) is 10.5. The fourth-order valence-corrected chi connectivity index (χ4v) is 6.56. The highest BCUT2D eigenvalue weighted by Crippen LogP contribution is 2.48. The molecule has 0 fully saturated rings. The molecule has 8 aromatic rings. The van der Waals surface area contributed by atoms with Crippen LogP contribution in [0.1, 0.15) is 0 Å². The Labute approximate surface area is 231 Å². The third-order valence-electron chi connectivity index (χ3n) is 8.38. The lowest BCUT2D eigenvalue weighted by atomic mass is 9.90. The summed E-state index contributed by atoms with van der Waals surface area (Å²) >= 11 is 0. The van der Waals surface area contributed by atoms with E-state index in [0.717, 1.165) is 22.7 Å². The zero-order valence-electron chi connectivity index (χ0n) is 21.6. The molecule has 0 amide bonds. The number of hydrogen-bond donors (Lipinski definition) is 0. The molecule has 0 unspecified atom stereocenters. The Morgan fingerprint density at radius 1 is 0.425 bits per heavy atom. The maximum atomic E-state index is 6.32. The van der Waals surface area contributed by atoms with Crippen molar-refractivity contribution in [2.45, 2.75) is 0 Å². The first-order valence-corrected chi connectivity index (χ1v) is 13.7. The Hall–Kier alpha value is -5.34. The van der Waals surface area contributed by atoms with Crippen LogP contribution in [0.25, 0.3) is 71.3 Å². The third-order valence-corrected chi connectivity index (χ3v) is 8.38. The zero-order valence-corrected chi connectivity index (χ0v) is 21.6. The van der Waals surface area contributed by atoms with Crippen molar-refractivity contribution in [1.29, 1.82) is 0 Å². The minimum absolute atomic E-state index is 0.915. The molecule has 0 bridgehead atoms. The largest absolute Gasteiger partial charge is 0.456 e. The minimum atomic E-state index is 0.915. The van der Waals surface area contributed by atoms with Crippen LogP contribution in [0.3, 0.4) is 0 Å². The van der Waals surface area contributed by atoms with E-state index in [1.807, 2.05) is 12.1 Å². The van der Waals surface area contributed by atoms with E-state index in [9.17, 15) is 0 Å². The SMILES string of the molecule is c1ccc2c(c1)Oc1ccc(-c3ccc(-n4c5ccccc5c5cc6ccccc6cc54)cc3)c3cccc-2c13. The monoisotopic (exact) mass is 509 g/mol. The number of aromatic nitrogens is 1. The van der Waals surface area contributed by atoms with Crippen molar-refractivity contribution in [1.82, 2.24) is 4.57 Å². The van der Waals surface area contributed by atoms with Crippen molar-refractivity contribution in [3.05, 3.63) is 140 Å². The van der Waals surface area contributed by atoms with E-state index < -0.39 is 0 Å². The van der Waals surface area contributed by atoms with Gasteiger partial charge in [-0.3, -0.25) is 0 Å². The van der Waals surface area contributed by atoms with Gasteiger partial charge >= 0.3 is 0 Å². The molecular formula is C38H23NO. The van der Waals surface area contributed by atoms with Crippen LogP contribution in [0.15, 0.2) is 140 Å². The number of nitrogens with zero attached hydrogens (tertiary/aromatic N) is 1. The van der Waals surface area contributed by atoms with Crippen molar-refractivity contribution in [3.8, 4) is 39.4 Å². The predicted molar refractivity (Wildman–Crippen MR) is 167 cm³/mol. The summed E-state index contributed by atoms with van der Waals surface area (Å²) in [4.78, 5) is 0. The summed E-state index contributed by atoms with van der Waals surface area (Å²) in [5.74, 6) is 1.83. The number of fused-ring (bicyclic) bond motifs is 6. The lowest BCUT2D eigenvalue weighted by Gasteiger charge is -2.22. The molecule has 2 nitrogen and oxygen atoms in total. The van der Waals surface area contributed by atoms with E-state index in [1.165, 1.54) is 60.0 Å². The highest BCUT2D eigenvalue weighted by atomic mass is 16.5. The third kappa shape index (κ3) is 2.99. The summed E-state index contributed by atoms with van der Waals surface area (Å²) in [6, 6.07) is 50.1. The van der Waals surface area contributed by atoms with Gasteiger partial charge in [-0.25, -0.2) is 0 Å². The van der Waals surface area contributed by atoms with Crippen molar-refractivity contribution in [2.75, 3.05) is 0 Å². The summed E-state index contributed by atoms with van der Waals surface area (Å²) in [7, 11) is 0. The quantitative estimate of drug-likeness (QED) is 0.226. The Balaban J connectivity index is 1.23. The molecule has 2 heteroatoms. The summed E-state index contributed by atoms with van der Waals surface area (Å²) in [6.07, 6.45) is 0. The van der Waals surface area contributed by atoms with Gasteiger partial charge in [0.2, 0.25) is 0 Å². The van der Waals surface area contributed by atoms with Gasteiger partial charge in [0, 0.05) is 27.4 Å². The van der Waals surface area contributed by atoms with Gasteiger partial charge in [-0.15, -0.1) is 0 Å². The van der Waals surface area contributed by atoms with Crippen LogP contribution in [0, 0.1) is 0 Å². The number of hydrogen-bond acceptors (Lipinski definition) is 1. The van der Waals surface area contributed by atoms with Gasteiger partial charge in [0.05, 0.1) is 11.0 Å². The van der Waals surface area contributed by atoms with Gasteiger partial charge in [-0.2, -0.15) is 0 Å². The Kier molecular flexibility index (Phi) is 4.36. The highest BCUT2D eigenvalue weighted by Gasteiger charge is 2.21. The standard InChI is InChI=1S/C38H23NO/c1-2-9-26-23-35-33(22-25(26)8-1)29-10-3-5-14-34(29)39(35)27-18-16-24(17-19-27)28-20-21-37-38-31(28)12-7-13-32(38)30-11-4-6-15-36(30)40-37/h1-23H. The van der Waals surface area contributed by atoms with Crippen molar-refractivity contribution in [2.24, 2.45) is 0 Å². The molecule has 0 atom stereocenters. The summed E-state index contributed by atoms with van der Waals surface area (Å²) in [6.45, 7) is 0.